The maximum absolute atomic E-state index is 12.8. The summed E-state index contributed by atoms with van der Waals surface area (Å²) in [7, 11) is 1.85. The number of aryl methyl sites for hydroxylation is 1. The molecule has 5 nitrogen and oxygen atoms in total. The van der Waals surface area contributed by atoms with Crippen LogP contribution in [0.15, 0.2) is 36.7 Å². The molecule has 2 aromatic rings. The quantitative estimate of drug-likeness (QED) is 0.921. The number of rotatable bonds is 3. The molecule has 0 radical (unpaired) electrons. The molecule has 0 aliphatic carbocycles. The van der Waals surface area contributed by atoms with E-state index in [1.54, 1.807) is 23.4 Å². The summed E-state index contributed by atoms with van der Waals surface area (Å²) in [5, 5.41) is 3.23. The number of benzene rings is 1. The number of piperazine rings is 1. The Morgan fingerprint density at radius 3 is 2.88 bits per heavy atom. The normalized spacial score (nSPS) is 18.4. The summed E-state index contributed by atoms with van der Waals surface area (Å²) in [4.78, 5) is 18.7. The van der Waals surface area contributed by atoms with Gasteiger partial charge in [0.2, 0.25) is 5.91 Å². The molecule has 0 bridgehead atoms. The van der Waals surface area contributed by atoms with Crippen LogP contribution in [0.3, 0.4) is 0 Å². The van der Waals surface area contributed by atoms with Crippen LogP contribution in [-0.2, 0) is 24.4 Å². The highest BCUT2D eigenvalue weighted by Crippen LogP contribution is 2.30. The van der Waals surface area contributed by atoms with E-state index in [-0.39, 0.29) is 18.4 Å². The number of aromatic nitrogens is 2. The number of nitrogens with one attached hydrogen (secondary N) is 1. The lowest BCUT2D eigenvalue weighted by Crippen LogP contribution is -2.49. The number of hydrogen-bond acceptors (Lipinski definition) is 3. The van der Waals surface area contributed by atoms with Crippen LogP contribution in [0.2, 0.25) is 0 Å². The Balaban J connectivity index is 1.79. The number of carbonyl (C=O) groups excluding carboxylic acids is 1. The van der Waals surface area contributed by atoms with Crippen LogP contribution < -0.4 is 5.32 Å². The first-order valence-electron chi connectivity index (χ1n) is 8.00. The number of imidazole rings is 1. The molecule has 1 amide bonds. The van der Waals surface area contributed by atoms with Crippen molar-refractivity contribution in [3.8, 4) is 0 Å². The van der Waals surface area contributed by atoms with Gasteiger partial charge in [0, 0.05) is 39.1 Å². The summed E-state index contributed by atoms with van der Waals surface area (Å²) in [6, 6.07) is 4.70. The molecule has 1 fully saturated rings. The maximum atomic E-state index is 12.8. The Kier molecular flexibility index (Phi) is 4.80. The van der Waals surface area contributed by atoms with Crippen molar-refractivity contribution in [2.75, 3.05) is 19.6 Å². The van der Waals surface area contributed by atoms with Crippen LogP contribution in [0.5, 0.6) is 0 Å². The molecule has 8 heteroatoms. The summed E-state index contributed by atoms with van der Waals surface area (Å²) in [6.07, 6.45) is -1.01. The lowest BCUT2D eigenvalue weighted by Gasteiger charge is -2.36. The standard InChI is InChI=1S/C17H19F3N4O/c1-23-7-6-22-16(23)14-11-21-5-8-24(14)15(25)10-12-3-2-4-13(9-12)17(18,19)20/h2-4,6-7,9,14,21H,5,8,10-11H2,1H3. The second-order valence-corrected chi connectivity index (χ2v) is 6.08. The minimum atomic E-state index is -4.41. The van der Waals surface area contributed by atoms with E-state index in [4.69, 9.17) is 0 Å². The fraction of sp³-hybridized carbons (Fsp3) is 0.412. The molecule has 1 saturated heterocycles. The fourth-order valence-electron chi connectivity index (χ4n) is 3.07. The molecule has 3 rings (SSSR count). The van der Waals surface area contributed by atoms with Crippen molar-refractivity contribution in [1.29, 1.82) is 0 Å². The SMILES string of the molecule is Cn1ccnc1C1CNCCN1C(=O)Cc1cccc(C(F)(F)F)c1. The zero-order valence-corrected chi connectivity index (χ0v) is 13.8. The molecule has 134 valence electrons. The van der Waals surface area contributed by atoms with Gasteiger partial charge >= 0.3 is 6.18 Å². The van der Waals surface area contributed by atoms with Gasteiger partial charge in [0.1, 0.15) is 11.9 Å². The highest BCUT2D eigenvalue weighted by atomic mass is 19.4. The van der Waals surface area contributed by atoms with Gasteiger partial charge in [-0.2, -0.15) is 13.2 Å². The predicted molar refractivity (Wildman–Crippen MR) is 85.7 cm³/mol. The van der Waals surface area contributed by atoms with Gasteiger partial charge in [-0.05, 0) is 11.6 Å². The highest BCUT2D eigenvalue weighted by Gasteiger charge is 2.32. The van der Waals surface area contributed by atoms with Crippen LogP contribution in [0, 0.1) is 0 Å². The molecule has 0 spiro atoms. The molecule has 25 heavy (non-hydrogen) atoms. The minimum Gasteiger partial charge on any atom is -0.336 e. The van der Waals surface area contributed by atoms with Crippen LogP contribution >= 0.6 is 0 Å². The van der Waals surface area contributed by atoms with Gasteiger partial charge in [-0.1, -0.05) is 18.2 Å². The molecule has 1 aliphatic rings. The Labute approximate surface area is 143 Å². The fourth-order valence-corrected chi connectivity index (χ4v) is 3.07. The van der Waals surface area contributed by atoms with Gasteiger partial charge < -0.3 is 14.8 Å². The Hall–Kier alpha value is -2.35. The smallest absolute Gasteiger partial charge is 0.336 e. The van der Waals surface area contributed by atoms with E-state index in [1.165, 1.54) is 6.07 Å². The zero-order chi connectivity index (χ0) is 18.0. The Morgan fingerprint density at radius 2 is 2.20 bits per heavy atom. The molecule has 0 saturated carbocycles. The molecular weight excluding hydrogens is 333 g/mol. The number of nitrogens with zero attached hydrogens (tertiary/aromatic N) is 3. The second-order valence-electron chi connectivity index (χ2n) is 6.08. The summed E-state index contributed by atoms with van der Waals surface area (Å²) >= 11 is 0. The average Bonchev–Trinajstić information content (AvgIpc) is 3.00. The van der Waals surface area contributed by atoms with E-state index in [2.05, 4.69) is 10.3 Å². The van der Waals surface area contributed by atoms with Gasteiger partial charge in [0.15, 0.2) is 0 Å². The van der Waals surface area contributed by atoms with E-state index in [0.717, 1.165) is 18.0 Å². The van der Waals surface area contributed by atoms with Gasteiger partial charge in [-0.15, -0.1) is 0 Å². The second kappa shape index (κ2) is 6.87. The van der Waals surface area contributed by atoms with Gasteiger partial charge in [0.05, 0.1) is 12.0 Å². The first-order chi connectivity index (χ1) is 11.9. The van der Waals surface area contributed by atoms with Gasteiger partial charge in [-0.3, -0.25) is 4.79 Å². The lowest BCUT2D eigenvalue weighted by molar-refractivity contribution is -0.138. The third kappa shape index (κ3) is 3.84. The molecule has 1 atom stereocenters. The average molecular weight is 352 g/mol. The number of carbonyl (C=O) groups is 1. The van der Waals surface area contributed by atoms with E-state index >= 15 is 0 Å². The zero-order valence-electron chi connectivity index (χ0n) is 13.8. The van der Waals surface area contributed by atoms with Crippen molar-refractivity contribution in [1.82, 2.24) is 19.8 Å². The lowest BCUT2D eigenvalue weighted by atomic mass is 10.1. The van der Waals surface area contributed by atoms with Crippen LogP contribution in [0.1, 0.15) is 23.0 Å². The third-order valence-corrected chi connectivity index (χ3v) is 4.33. The molecule has 1 aliphatic heterocycles. The molecule has 2 heterocycles. The monoisotopic (exact) mass is 352 g/mol. The van der Waals surface area contributed by atoms with Gasteiger partial charge in [-0.25, -0.2) is 4.98 Å². The number of alkyl halides is 3. The van der Waals surface area contributed by atoms with Crippen molar-refractivity contribution in [3.63, 3.8) is 0 Å². The largest absolute Gasteiger partial charge is 0.416 e. The molecule has 1 unspecified atom stereocenters. The molecule has 1 aromatic carbocycles. The topological polar surface area (TPSA) is 50.2 Å². The van der Waals surface area contributed by atoms with E-state index in [9.17, 15) is 18.0 Å². The first kappa shape index (κ1) is 17.5. The maximum Gasteiger partial charge on any atom is 0.416 e. The van der Waals surface area contributed by atoms with Crippen LogP contribution in [0.4, 0.5) is 13.2 Å². The van der Waals surface area contributed by atoms with Crippen LogP contribution in [0.25, 0.3) is 0 Å². The summed E-state index contributed by atoms with van der Waals surface area (Å²) < 4.78 is 40.4. The van der Waals surface area contributed by atoms with E-state index in [0.29, 0.717) is 25.2 Å². The van der Waals surface area contributed by atoms with Crippen molar-refractivity contribution >= 4 is 5.91 Å². The predicted octanol–water partition coefficient (Wildman–Crippen LogP) is 2.15. The van der Waals surface area contributed by atoms with Crippen molar-refractivity contribution < 1.29 is 18.0 Å². The number of hydrogen-bond donors (Lipinski definition) is 1. The summed E-state index contributed by atoms with van der Waals surface area (Å²) in [5.74, 6) is 0.554. The van der Waals surface area contributed by atoms with Crippen LogP contribution in [-0.4, -0.2) is 40.0 Å². The summed E-state index contributed by atoms with van der Waals surface area (Å²) in [6.45, 7) is 1.71. The van der Waals surface area contributed by atoms with Crippen molar-refractivity contribution in [3.05, 3.63) is 53.6 Å². The number of halogens is 3. The minimum absolute atomic E-state index is 0.0646. The molecule has 1 N–H and O–H groups in total. The molecular formula is C17H19F3N4O. The van der Waals surface area contributed by atoms with Gasteiger partial charge in [0.25, 0.3) is 0 Å². The third-order valence-electron chi connectivity index (χ3n) is 4.33. The molecule has 1 aromatic heterocycles. The van der Waals surface area contributed by atoms with Crippen molar-refractivity contribution in [2.45, 2.75) is 18.6 Å². The van der Waals surface area contributed by atoms with E-state index < -0.39 is 11.7 Å². The Morgan fingerprint density at radius 1 is 1.40 bits per heavy atom. The summed E-state index contributed by atoms with van der Waals surface area (Å²) in [5.41, 5.74) is -0.379. The van der Waals surface area contributed by atoms with Crippen molar-refractivity contribution in [2.24, 2.45) is 7.05 Å². The Bertz CT molecular complexity index is 756. The van der Waals surface area contributed by atoms with E-state index in [1.807, 2.05) is 11.6 Å². The number of amides is 1. The highest BCUT2D eigenvalue weighted by molar-refractivity contribution is 5.79. The first-order valence-corrected chi connectivity index (χ1v) is 8.00.